The highest BCUT2D eigenvalue weighted by atomic mass is 79.9. The minimum atomic E-state index is -0.433. The molecule has 80 valence electrons. The smallest absolute Gasteiger partial charge is 0.258 e. The topological polar surface area (TPSA) is 43.1 Å². The molecule has 0 amide bonds. The van der Waals surface area contributed by atoms with Crippen LogP contribution in [0.25, 0.3) is 6.08 Å². The Morgan fingerprint density at radius 3 is 2.87 bits per heavy atom. The number of nitro groups is 1. The molecule has 0 unspecified atom stereocenters. The molecule has 0 N–H and O–H groups in total. The molecule has 0 spiro atoms. The van der Waals surface area contributed by atoms with Gasteiger partial charge >= 0.3 is 0 Å². The minimum absolute atomic E-state index is 0.0491. The number of allylic oxidation sites excluding steroid dienone is 1. The summed E-state index contributed by atoms with van der Waals surface area (Å²) in [4.78, 5) is 10.1. The van der Waals surface area contributed by atoms with Crippen LogP contribution in [-0.2, 0) is 0 Å². The van der Waals surface area contributed by atoms with Gasteiger partial charge in [0.2, 0.25) is 0 Å². The van der Waals surface area contributed by atoms with Crippen molar-refractivity contribution in [2.75, 3.05) is 5.33 Å². The number of rotatable bonds is 3. The standard InChI is InChI=1S/C10H9BrClNO2/c1-7(6-11)4-8-5-9(13(14)15)2-3-10(8)12/h2-5H,6H2,1H3. The molecule has 0 bridgehead atoms. The predicted octanol–water partition coefficient (Wildman–Crippen LogP) is 4.05. The zero-order valence-electron chi connectivity index (χ0n) is 8.04. The molecule has 0 aliphatic rings. The Bertz CT molecular complexity index is 418. The first-order chi connectivity index (χ1) is 7.04. The van der Waals surface area contributed by atoms with E-state index in [-0.39, 0.29) is 5.69 Å². The summed E-state index contributed by atoms with van der Waals surface area (Å²) in [5.41, 5.74) is 1.77. The van der Waals surface area contributed by atoms with Crippen LogP contribution in [0.1, 0.15) is 12.5 Å². The Morgan fingerprint density at radius 1 is 1.67 bits per heavy atom. The Hall–Kier alpha value is -0.870. The van der Waals surface area contributed by atoms with E-state index in [0.717, 1.165) is 5.57 Å². The van der Waals surface area contributed by atoms with E-state index < -0.39 is 4.92 Å². The molecule has 0 saturated heterocycles. The van der Waals surface area contributed by atoms with Crippen molar-refractivity contribution in [1.82, 2.24) is 0 Å². The number of hydrogen-bond donors (Lipinski definition) is 0. The van der Waals surface area contributed by atoms with E-state index in [1.165, 1.54) is 18.2 Å². The van der Waals surface area contributed by atoms with Gasteiger partial charge in [0.05, 0.1) is 4.92 Å². The second-order valence-corrected chi connectivity index (χ2v) is 4.06. The first-order valence-corrected chi connectivity index (χ1v) is 5.71. The first kappa shape index (κ1) is 12.2. The Kier molecular flexibility index (Phi) is 4.29. The van der Waals surface area contributed by atoms with Gasteiger partial charge in [-0.3, -0.25) is 10.1 Å². The van der Waals surface area contributed by atoms with Gasteiger partial charge in [-0.2, -0.15) is 0 Å². The van der Waals surface area contributed by atoms with E-state index in [9.17, 15) is 10.1 Å². The quantitative estimate of drug-likeness (QED) is 0.479. The number of nitrogens with zero attached hydrogens (tertiary/aromatic N) is 1. The van der Waals surface area contributed by atoms with Crippen LogP contribution < -0.4 is 0 Å². The molecule has 1 aromatic rings. The summed E-state index contributed by atoms with van der Waals surface area (Å²) in [6.45, 7) is 1.92. The first-order valence-electron chi connectivity index (χ1n) is 4.21. The largest absolute Gasteiger partial charge is 0.270 e. The van der Waals surface area contributed by atoms with E-state index in [2.05, 4.69) is 15.9 Å². The van der Waals surface area contributed by atoms with E-state index in [1.54, 1.807) is 0 Å². The molecule has 0 atom stereocenters. The van der Waals surface area contributed by atoms with E-state index in [1.807, 2.05) is 13.0 Å². The van der Waals surface area contributed by atoms with Crippen molar-refractivity contribution >= 4 is 39.3 Å². The maximum absolute atomic E-state index is 10.6. The number of halogens is 2. The van der Waals surface area contributed by atoms with Gasteiger partial charge in [0.15, 0.2) is 0 Å². The van der Waals surface area contributed by atoms with Crippen LogP contribution in [-0.4, -0.2) is 10.3 Å². The third kappa shape index (κ3) is 3.32. The van der Waals surface area contributed by atoms with Crippen LogP contribution in [0.5, 0.6) is 0 Å². The second-order valence-electron chi connectivity index (χ2n) is 3.09. The van der Waals surface area contributed by atoms with Gasteiger partial charge < -0.3 is 0 Å². The Labute approximate surface area is 101 Å². The van der Waals surface area contributed by atoms with Crippen molar-refractivity contribution in [2.45, 2.75) is 6.92 Å². The highest BCUT2D eigenvalue weighted by Gasteiger charge is 2.07. The van der Waals surface area contributed by atoms with Gasteiger partial charge in [-0.25, -0.2) is 0 Å². The van der Waals surface area contributed by atoms with Crippen molar-refractivity contribution in [2.24, 2.45) is 0 Å². The van der Waals surface area contributed by atoms with Crippen LogP contribution in [0, 0.1) is 10.1 Å². The zero-order chi connectivity index (χ0) is 11.4. The fourth-order valence-corrected chi connectivity index (χ4v) is 1.39. The summed E-state index contributed by atoms with van der Waals surface area (Å²) in [7, 11) is 0. The van der Waals surface area contributed by atoms with Crippen molar-refractivity contribution < 1.29 is 4.92 Å². The van der Waals surface area contributed by atoms with Crippen LogP contribution in [0.15, 0.2) is 23.8 Å². The van der Waals surface area contributed by atoms with Crippen molar-refractivity contribution in [3.05, 3.63) is 44.5 Å². The van der Waals surface area contributed by atoms with Crippen molar-refractivity contribution in [3.63, 3.8) is 0 Å². The van der Waals surface area contributed by atoms with E-state index >= 15 is 0 Å². The lowest BCUT2D eigenvalue weighted by atomic mass is 10.1. The van der Waals surface area contributed by atoms with E-state index in [0.29, 0.717) is 15.9 Å². The maximum Gasteiger partial charge on any atom is 0.270 e. The fraction of sp³-hybridized carbons (Fsp3) is 0.200. The zero-order valence-corrected chi connectivity index (χ0v) is 10.4. The number of alkyl halides is 1. The lowest BCUT2D eigenvalue weighted by Gasteiger charge is -2.00. The van der Waals surface area contributed by atoms with E-state index in [4.69, 9.17) is 11.6 Å². The number of non-ortho nitro benzene ring substituents is 1. The third-order valence-corrected chi connectivity index (χ3v) is 3.03. The molecule has 1 rings (SSSR count). The molecular formula is C10H9BrClNO2. The van der Waals surface area contributed by atoms with Crippen LogP contribution in [0.4, 0.5) is 5.69 Å². The molecule has 0 heterocycles. The van der Waals surface area contributed by atoms with Gasteiger partial charge in [0, 0.05) is 22.5 Å². The monoisotopic (exact) mass is 289 g/mol. The van der Waals surface area contributed by atoms with Gasteiger partial charge in [-0.05, 0) is 18.6 Å². The summed E-state index contributed by atoms with van der Waals surface area (Å²) in [5, 5.41) is 11.8. The lowest BCUT2D eigenvalue weighted by molar-refractivity contribution is -0.384. The average Bonchev–Trinajstić information content (AvgIpc) is 2.20. The second kappa shape index (κ2) is 5.28. The van der Waals surface area contributed by atoms with Crippen LogP contribution in [0.3, 0.4) is 0 Å². The molecule has 0 aromatic heterocycles. The molecule has 0 saturated carbocycles. The molecule has 5 heteroatoms. The van der Waals surface area contributed by atoms with Crippen LogP contribution in [0.2, 0.25) is 5.02 Å². The number of hydrogen-bond acceptors (Lipinski definition) is 2. The van der Waals surface area contributed by atoms with Gasteiger partial charge in [0.1, 0.15) is 0 Å². The summed E-state index contributed by atoms with van der Waals surface area (Å²) in [6.07, 6.45) is 1.82. The Morgan fingerprint density at radius 2 is 2.33 bits per heavy atom. The highest BCUT2D eigenvalue weighted by molar-refractivity contribution is 9.09. The van der Waals surface area contributed by atoms with Crippen LogP contribution >= 0.6 is 27.5 Å². The summed E-state index contributed by atoms with van der Waals surface area (Å²) in [6, 6.07) is 4.39. The van der Waals surface area contributed by atoms with Crippen molar-refractivity contribution in [1.29, 1.82) is 0 Å². The minimum Gasteiger partial charge on any atom is -0.258 e. The Balaban J connectivity index is 3.17. The molecular weight excluding hydrogens is 281 g/mol. The van der Waals surface area contributed by atoms with Gasteiger partial charge in [-0.1, -0.05) is 39.2 Å². The average molecular weight is 291 g/mol. The summed E-state index contributed by atoms with van der Waals surface area (Å²) >= 11 is 9.22. The SMILES string of the molecule is CC(=Cc1cc([N+](=O)[O-])ccc1Cl)CBr. The van der Waals surface area contributed by atoms with Gasteiger partial charge in [-0.15, -0.1) is 0 Å². The molecule has 0 radical (unpaired) electrons. The fourth-order valence-electron chi connectivity index (χ4n) is 1.06. The predicted molar refractivity (Wildman–Crippen MR) is 65.6 cm³/mol. The highest BCUT2D eigenvalue weighted by Crippen LogP contribution is 2.24. The molecule has 15 heavy (non-hydrogen) atoms. The number of benzene rings is 1. The molecule has 3 nitrogen and oxygen atoms in total. The molecule has 0 aliphatic heterocycles. The molecule has 0 aliphatic carbocycles. The molecule has 0 fully saturated rings. The normalized spacial score (nSPS) is 11.5. The third-order valence-electron chi connectivity index (χ3n) is 1.80. The number of nitro benzene ring substituents is 1. The van der Waals surface area contributed by atoms with Crippen molar-refractivity contribution in [3.8, 4) is 0 Å². The molecule has 1 aromatic carbocycles. The maximum atomic E-state index is 10.6. The summed E-state index contributed by atoms with van der Waals surface area (Å²) in [5.74, 6) is 0. The van der Waals surface area contributed by atoms with Gasteiger partial charge in [0.25, 0.3) is 5.69 Å². The summed E-state index contributed by atoms with van der Waals surface area (Å²) < 4.78 is 0. The lowest BCUT2D eigenvalue weighted by Crippen LogP contribution is -1.89.